The van der Waals surface area contributed by atoms with E-state index in [1.165, 1.54) is 11.8 Å². The predicted molar refractivity (Wildman–Crippen MR) is 84.1 cm³/mol. The number of hydrogen-bond acceptors (Lipinski definition) is 5. The van der Waals surface area contributed by atoms with E-state index in [1.807, 2.05) is 0 Å². The second kappa shape index (κ2) is 7.85. The summed E-state index contributed by atoms with van der Waals surface area (Å²) in [5.41, 5.74) is 2.74. The van der Waals surface area contributed by atoms with Crippen molar-refractivity contribution in [3.63, 3.8) is 0 Å². The molecule has 0 saturated carbocycles. The number of nitrogens with one attached hydrogen (secondary N) is 1. The molecular weight excluding hydrogens is 284 g/mol. The zero-order valence-corrected chi connectivity index (χ0v) is 13.2. The number of rotatable bonds is 7. The van der Waals surface area contributed by atoms with Gasteiger partial charge in [-0.25, -0.2) is 0 Å². The van der Waals surface area contributed by atoms with E-state index in [4.69, 9.17) is 0 Å². The highest BCUT2D eigenvalue weighted by molar-refractivity contribution is 6.99. The molecular formula is C15H20N4OS. The Morgan fingerprint density at radius 2 is 1.86 bits per heavy atom. The van der Waals surface area contributed by atoms with Gasteiger partial charge in [0.25, 0.3) is 5.91 Å². The third kappa shape index (κ3) is 4.61. The highest BCUT2D eigenvalue weighted by atomic mass is 32.1. The molecule has 1 heterocycles. The lowest BCUT2D eigenvalue weighted by molar-refractivity contribution is 0.0947. The second-order valence-electron chi connectivity index (χ2n) is 4.75. The zero-order valence-electron chi connectivity index (χ0n) is 12.4. The molecule has 0 radical (unpaired) electrons. The number of benzene rings is 1. The standard InChI is InChI=1S/C15H20N4OS/c1-3-19(4-2)11-13-7-5-12(6-8-13)9-16-15(20)14-10-17-21-18-14/h5-8,10H,3-4,9,11H2,1-2H3,(H,16,20). The van der Waals surface area contributed by atoms with Crippen molar-refractivity contribution in [1.82, 2.24) is 19.0 Å². The fourth-order valence-corrected chi connectivity index (χ4v) is 2.42. The minimum absolute atomic E-state index is 0.184. The maximum Gasteiger partial charge on any atom is 0.272 e. The zero-order chi connectivity index (χ0) is 15.1. The number of carbonyl (C=O) groups excluding carboxylic acids is 1. The van der Waals surface area contributed by atoms with E-state index >= 15 is 0 Å². The van der Waals surface area contributed by atoms with Crippen LogP contribution in [0.25, 0.3) is 0 Å². The maximum absolute atomic E-state index is 11.8. The van der Waals surface area contributed by atoms with E-state index in [0.29, 0.717) is 12.2 Å². The molecule has 112 valence electrons. The first-order valence-electron chi connectivity index (χ1n) is 7.08. The number of amides is 1. The van der Waals surface area contributed by atoms with E-state index in [-0.39, 0.29) is 5.91 Å². The molecule has 2 rings (SSSR count). The molecule has 0 fully saturated rings. The Kier molecular flexibility index (Phi) is 5.83. The average molecular weight is 304 g/mol. The fourth-order valence-electron chi connectivity index (χ4n) is 2.01. The third-order valence-electron chi connectivity index (χ3n) is 3.37. The Morgan fingerprint density at radius 3 is 2.43 bits per heavy atom. The maximum atomic E-state index is 11.8. The van der Waals surface area contributed by atoms with Crippen molar-refractivity contribution in [3.05, 3.63) is 47.3 Å². The van der Waals surface area contributed by atoms with Crippen molar-refractivity contribution in [2.75, 3.05) is 13.1 Å². The van der Waals surface area contributed by atoms with Crippen molar-refractivity contribution in [3.8, 4) is 0 Å². The fraction of sp³-hybridized carbons (Fsp3) is 0.400. The lowest BCUT2D eigenvalue weighted by Gasteiger charge is -2.18. The van der Waals surface area contributed by atoms with E-state index in [1.54, 1.807) is 0 Å². The SMILES string of the molecule is CCN(CC)Cc1ccc(CNC(=O)c2cnsn2)cc1. The number of aromatic nitrogens is 2. The summed E-state index contributed by atoms with van der Waals surface area (Å²) in [4.78, 5) is 14.1. The summed E-state index contributed by atoms with van der Waals surface area (Å²) in [7, 11) is 0. The third-order valence-corrected chi connectivity index (χ3v) is 3.85. The van der Waals surface area contributed by atoms with Crippen molar-refractivity contribution >= 4 is 17.6 Å². The molecule has 0 saturated heterocycles. The Morgan fingerprint density at radius 1 is 1.19 bits per heavy atom. The van der Waals surface area contributed by atoms with Gasteiger partial charge in [0.15, 0.2) is 5.69 Å². The Labute approximate surface area is 129 Å². The lowest BCUT2D eigenvalue weighted by atomic mass is 10.1. The molecule has 5 nitrogen and oxygen atoms in total. The van der Waals surface area contributed by atoms with E-state index in [2.05, 4.69) is 57.1 Å². The second-order valence-corrected chi connectivity index (χ2v) is 5.31. The smallest absolute Gasteiger partial charge is 0.272 e. The van der Waals surface area contributed by atoms with Gasteiger partial charge in [-0.2, -0.15) is 8.75 Å². The van der Waals surface area contributed by atoms with Gasteiger partial charge in [-0.05, 0) is 24.2 Å². The molecule has 21 heavy (non-hydrogen) atoms. The van der Waals surface area contributed by atoms with Crippen LogP contribution in [-0.4, -0.2) is 32.6 Å². The first-order valence-corrected chi connectivity index (χ1v) is 7.81. The highest BCUT2D eigenvalue weighted by Crippen LogP contribution is 2.08. The van der Waals surface area contributed by atoms with Crippen LogP contribution in [-0.2, 0) is 13.1 Å². The summed E-state index contributed by atoms with van der Waals surface area (Å²) in [6.07, 6.45) is 1.48. The molecule has 0 spiro atoms. The summed E-state index contributed by atoms with van der Waals surface area (Å²) >= 11 is 1.04. The minimum atomic E-state index is -0.184. The molecule has 0 aliphatic carbocycles. The normalized spacial score (nSPS) is 10.8. The van der Waals surface area contributed by atoms with Crippen LogP contribution < -0.4 is 5.32 Å². The van der Waals surface area contributed by atoms with Crippen LogP contribution in [0.5, 0.6) is 0 Å². The molecule has 0 unspecified atom stereocenters. The quantitative estimate of drug-likeness (QED) is 0.853. The molecule has 0 bridgehead atoms. The van der Waals surface area contributed by atoms with Crippen molar-refractivity contribution in [2.24, 2.45) is 0 Å². The van der Waals surface area contributed by atoms with Gasteiger partial charge in [0.1, 0.15) is 0 Å². The van der Waals surface area contributed by atoms with E-state index < -0.39 is 0 Å². The Balaban J connectivity index is 1.86. The van der Waals surface area contributed by atoms with Gasteiger partial charge < -0.3 is 5.32 Å². The van der Waals surface area contributed by atoms with E-state index in [9.17, 15) is 4.79 Å². The number of hydrogen-bond donors (Lipinski definition) is 1. The molecule has 6 heteroatoms. The van der Waals surface area contributed by atoms with Crippen molar-refractivity contribution < 1.29 is 4.79 Å². The topological polar surface area (TPSA) is 58.1 Å². The summed E-state index contributed by atoms with van der Waals surface area (Å²) in [6, 6.07) is 8.34. The Bertz CT molecular complexity index is 550. The first-order chi connectivity index (χ1) is 10.2. The van der Waals surface area contributed by atoms with Gasteiger partial charge in [-0.1, -0.05) is 38.1 Å². The van der Waals surface area contributed by atoms with Crippen molar-refractivity contribution in [2.45, 2.75) is 26.9 Å². The highest BCUT2D eigenvalue weighted by Gasteiger charge is 2.08. The van der Waals surface area contributed by atoms with Gasteiger partial charge in [-0.15, -0.1) is 0 Å². The van der Waals surface area contributed by atoms with Gasteiger partial charge in [0.05, 0.1) is 17.9 Å². The molecule has 0 atom stereocenters. The van der Waals surface area contributed by atoms with Crippen LogP contribution in [0.3, 0.4) is 0 Å². The molecule has 0 aliphatic rings. The summed E-state index contributed by atoms with van der Waals surface area (Å²) in [5, 5.41) is 2.84. The summed E-state index contributed by atoms with van der Waals surface area (Å²) < 4.78 is 7.73. The molecule has 2 aromatic rings. The minimum Gasteiger partial charge on any atom is -0.347 e. The largest absolute Gasteiger partial charge is 0.347 e. The Hall–Kier alpha value is -1.79. The van der Waals surface area contributed by atoms with Crippen LogP contribution in [0.1, 0.15) is 35.5 Å². The average Bonchev–Trinajstić information content (AvgIpc) is 3.06. The van der Waals surface area contributed by atoms with E-state index in [0.717, 1.165) is 36.9 Å². The van der Waals surface area contributed by atoms with Crippen LogP contribution in [0.2, 0.25) is 0 Å². The van der Waals surface area contributed by atoms with Crippen LogP contribution >= 0.6 is 11.7 Å². The van der Waals surface area contributed by atoms with Gasteiger partial charge >= 0.3 is 0 Å². The molecule has 1 amide bonds. The monoisotopic (exact) mass is 304 g/mol. The van der Waals surface area contributed by atoms with Crippen LogP contribution in [0, 0.1) is 0 Å². The number of nitrogens with zero attached hydrogens (tertiary/aromatic N) is 3. The lowest BCUT2D eigenvalue weighted by Crippen LogP contribution is -2.23. The number of carbonyl (C=O) groups is 1. The molecule has 1 aromatic heterocycles. The van der Waals surface area contributed by atoms with Crippen LogP contribution in [0.15, 0.2) is 30.5 Å². The molecule has 0 aliphatic heterocycles. The first kappa shape index (κ1) is 15.6. The molecule has 1 N–H and O–H groups in total. The van der Waals surface area contributed by atoms with Crippen LogP contribution in [0.4, 0.5) is 0 Å². The molecule has 1 aromatic carbocycles. The van der Waals surface area contributed by atoms with Crippen molar-refractivity contribution in [1.29, 1.82) is 0 Å². The van der Waals surface area contributed by atoms with Gasteiger partial charge in [0, 0.05) is 13.1 Å². The summed E-state index contributed by atoms with van der Waals surface area (Å²) in [5.74, 6) is -0.184. The van der Waals surface area contributed by atoms with Gasteiger partial charge in [0.2, 0.25) is 0 Å². The summed E-state index contributed by atoms with van der Waals surface area (Å²) in [6.45, 7) is 7.90. The predicted octanol–water partition coefficient (Wildman–Crippen LogP) is 2.31. The van der Waals surface area contributed by atoms with Gasteiger partial charge in [-0.3, -0.25) is 9.69 Å².